The third-order valence-electron chi connectivity index (χ3n) is 4.18. The number of methoxy groups -OCH3 is 1. The molecule has 0 radical (unpaired) electrons. The molecule has 2 heterocycles. The molecule has 0 aliphatic carbocycles. The SMILES string of the molecule is COC1CNCC1NC(=O)C(C)C1CCOCC1.Cl. The molecule has 2 aliphatic heterocycles. The largest absolute Gasteiger partial charge is 0.381 e. The molecular formula is C13H25ClN2O3. The smallest absolute Gasteiger partial charge is 0.223 e. The molecule has 0 aromatic carbocycles. The number of amides is 1. The topological polar surface area (TPSA) is 59.6 Å². The number of carbonyl (C=O) groups excluding carboxylic acids is 1. The summed E-state index contributed by atoms with van der Waals surface area (Å²) in [5.41, 5.74) is 0. The fourth-order valence-electron chi connectivity index (χ4n) is 2.79. The Morgan fingerprint density at radius 2 is 2.05 bits per heavy atom. The van der Waals surface area contributed by atoms with Gasteiger partial charge in [-0.2, -0.15) is 0 Å². The standard InChI is InChI=1S/C13H24N2O3.ClH/c1-9(10-3-5-18-6-4-10)13(16)15-11-7-14-8-12(11)17-2;/h9-12,14H,3-8H2,1-2H3,(H,15,16);1H. The van der Waals surface area contributed by atoms with Crippen LogP contribution in [0.25, 0.3) is 0 Å². The highest BCUT2D eigenvalue weighted by atomic mass is 35.5. The van der Waals surface area contributed by atoms with E-state index in [1.54, 1.807) is 7.11 Å². The predicted molar refractivity (Wildman–Crippen MR) is 75.6 cm³/mol. The number of rotatable bonds is 4. The van der Waals surface area contributed by atoms with Gasteiger partial charge in [-0.1, -0.05) is 6.92 Å². The van der Waals surface area contributed by atoms with Gasteiger partial charge in [-0.3, -0.25) is 4.79 Å². The Hall–Kier alpha value is -0.360. The Bertz CT molecular complexity index is 285. The molecule has 0 bridgehead atoms. The average molecular weight is 293 g/mol. The zero-order chi connectivity index (χ0) is 13.0. The van der Waals surface area contributed by atoms with Gasteiger partial charge in [-0.15, -0.1) is 12.4 Å². The summed E-state index contributed by atoms with van der Waals surface area (Å²) in [5.74, 6) is 0.666. The van der Waals surface area contributed by atoms with E-state index in [0.29, 0.717) is 5.92 Å². The van der Waals surface area contributed by atoms with E-state index in [2.05, 4.69) is 10.6 Å². The minimum atomic E-state index is 0. The summed E-state index contributed by atoms with van der Waals surface area (Å²) in [6.45, 7) is 5.20. The van der Waals surface area contributed by atoms with Crippen molar-refractivity contribution in [3.05, 3.63) is 0 Å². The molecule has 5 nitrogen and oxygen atoms in total. The summed E-state index contributed by atoms with van der Waals surface area (Å²) in [6, 6.07) is 0.102. The number of ether oxygens (including phenoxy) is 2. The van der Waals surface area contributed by atoms with Crippen molar-refractivity contribution in [1.82, 2.24) is 10.6 Å². The Labute approximate surface area is 121 Å². The van der Waals surface area contributed by atoms with Gasteiger partial charge in [0.05, 0.1) is 12.1 Å². The fraction of sp³-hybridized carbons (Fsp3) is 0.923. The van der Waals surface area contributed by atoms with Crippen LogP contribution in [0, 0.1) is 11.8 Å². The zero-order valence-electron chi connectivity index (χ0n) is 11.7. The zero-order valence-corrected chi connectivity index (χ0v) is 12.5. The van der Waals surface area contributed by atoms with Crippen LogP contribution in [0.2, 0.25) is 0 Å². The van der Waals surface area contributed by atoms with E-state index >= 15 is 0 Å². The maximum Gasteiger partial charge on any atom is 0.223 e. The number of hydrogen-bond donors (Lipinski definition) is 2. The van der Waals surface area contributed by atoms with E-state index < -0.39 is 0 Å². The lowest BCUT2D eigenvalue weighted by atomic mass is 9.86. The fourth-order valence-corrected chi connectivity index (χ4v) is 2.79. The van der Waals surface area contributed by atoms with Crippen molar-refractivity contribution in [2.45, 2.75) is 31.9 Å². The molecule has 2 fully saturated rings. The van der Waals surface area contributed by atoms with Crippen molar-refractivity contribution in [2.24, 2.45) is 11.8 Å². The maximum atomic E-state index is 12.2. The summed E-state index contributed by atoms with van der Waals surface area (Å²) >= 11 is 0. The van der Waals surface area contributed by atoms with E-state index in [-0.39, 0.29) is 36.4 Å². The van der Waals surface area contributed by atoms with Crippen molar-refractivity contribution in [3.8, 4) is 0 Å². The van der Waals surface area contributed by atoms with Crippen molar-refractivity contribution >= 4 is 18.3 Å². The van der Waals surface area contributed by atoms with Gasteiger partial charge >= 0.3 is 0 Å². The number of hydrogen-bond acceptors (Lipinski definition) is 4. The summed E-state index contributed by atoms with van der Waals surface area (Å²) in [7, 11) is 1.69. The lowest BCUT2D eigenvalue weighted by molar-refractivity contribution is -0.128. The van der Waals surface area contributed by atoms with Crippen molar-refractivity contribution in [1.29, 1.82) is 0 Å². The summed E-state index contributed by atoms with van der Waals surface area (Å²) < 4.78 is 10.7. The molecule has 0 saturated carbocycles. The van der Waals surface area contributed by atoms with Crippen LogP contribution in [0.3, 0.4) is 0 Å². The Morgan fingerprint density at radius 1 is 1.37 bits per heavy atom. The normalized spacial score (nSPS) is 29.6. The molecule has 0 aromatic rings. The van der Waals surface area contributed by atoms with Crippen LogP contribution in [0.1, 0.15) is 19.8 Å². The number of carbonyl (C=O) groups is 1. The second kappa shape index (κ2) is 8.04. The van der Waals surface area contributed by atoms with E-state index in [9.17, 15) is 4.79 Å². The highest BCUT2D eigenvalue weighted by Gasteiger charge is 2.32. The minimum absolute atomic E-state index is 0. The van der Waals surface area contributed by atoms with E-state index in [1.165, 1.54) is 0 Å². The van der Waals surface area contributed by atoms with E-state index in [0.717, 1.165) is 39.1 Å². The third kappa shape index (κ3) is 4.31. The Balaban J connectivity index is 0.00000180. The predicted octanol–water partition coefficient (Wildman–Crippen LogP) is 0.574. The van der Waals surface area contributed by atoms with E-state index in [4.69, 9.17) is 9.47 Å². The van der Waals surface area contributed by atoms with Crippen LogP contribution in [0.15, 0.2) is 0 Å². The van der Waals surface area contributed by atoms with Gasteiger partial charge in [0.2, 0.25) is 5.91 Å². The molecule has 19 heavy (non-hydrogen) atoms. The average Bonchev–Trinajstić information content (AvgIpc) is 2.86. The highest BCUT2D eigenvalue weighted by Crippen LogP contribution is 2.23. The first-order chi connectivity index (χ1) is 8.72. The second-order valence-electron chi connectivity index (χ2n) is 5.29. The van der Waals surface area contributed by atoms with Gasteiger partial charge in [-0.25, -0.2) is 0 Å². The molecule has 3 atom stereocenters. The molecule has 1 amide bonds. The first-order valence-corrected chi connectivity index (χ1v) is 6.84. The molecule has 0 spiro atoms. The van der Waals surface area contributed by atoms with Crippen LogP contribution < -0.4 is 10.6 Å². The third-order valence-corrected chi connectivity index (χ3v) is 4.18. The lowest BCUT2D eigenvalue weighted by Gasteiger charge is -2.28. The van der Waals surface area contributed by atoms with Gasteiger partial charge in [0, 0.05) is 39.3 Å². The van der Waals surface area contributed by atoms with Crippen LogP contribution in [-0.2, 0) is 14.3 Å². The van der Waals surface area contributed by atoms with Gasteiger partial charge in [0.25, 0.3) is 0 Å². The minimum Gasteiger partial charge on any atom is -0.381 e. The summed E-state index contributed by atoms with van der Waals surface area (Å²) in [4.78, 5) is 12.2. The molecule has 3 unspecified atom stereocenters. The quantitative estimate of drug-likeness (QED) is 0.795. The van der Waals surface area contributed by atoms with Crippen LogP contribution in [0.5, 0.6) is 0 Å². The molecule has 6 heteroatoms. The maximum absolute atomic E-state index is 12.2. The first-order valence-electron chi connectivity index (χ1n) is 6.84. The summed E-state index contributed by atoms with van der Waals surface area (Å²) in [6.07, 6.45) is 2.08. The van der Waals surface area contributed by atoms with Gasteiger partial charge in [-0.05, 0) is 18.8 Å². The highest BCUT2D eigenvalue weighted by molar-refractivity contribution is 5.85. The summed E-state index contributed by atoms with van der Waals surface area (Å²) in [5, 5.41) is 6.35. The van der Waals surface area contributed by atoms with Gasteiger partial charge in [0.15, 0.2) is 0 Å². The monoisotopic (exact) mass is 292 g/mol. The lowest BCUT2D eigenvalue weighted by Crippen LogP contribution is -2.47. The van der Waals surface area contributed by atoms with Crippen LogP contribution in [0.4, 0.5) is 0 Å². The van der Waals surface area contributed by atoms with Crippen LogP contribution in [-0.4, -0.2) is 51.5 Å². The second-order valence-corrected chi connectivity index (χ2v) is 5.29. The molecule has 0 aromatic heterocycles. The molecule has 2 N–H and O–H groups in total. The Morgan fingerprint density at radius 3 is 2.68 bits per heavy atom. The van der Waals surface area contributed by atoms with Gasteiger partial charge in [0.1, 0.15) is 0 Å². The molecule has 112 valence electrons. The van der Waals surface area contributed by atoms with Crippen molar-refractivity contribution in [3.63, 3.8) is 0 Å². The number of nitrogens with one attached hydrogen (secondary N) is 2. The molecule has 2 rings (SSSR count). The van der Waals surface area contributed by atoms with Crippen molar-refractivity contribution in [2.75, 3.05) is 33.4 Å². The van der Waals surface area contributed by atoms with Crippen LogP contribution >= 0.6 is 12.4 Å². The molecular weight excluding hydrogens is 268 g/mol. The molecule has 2 aliphatic rings. The first kappa shape index (κ1) is 16.7. The van der Waals surface area contributed by atoms with Gasteiger partial charge < -0.3 is 20.1 Å². The Kier molecular flexibility index (Phi) is 7.07. The van der Waals surface area contributed by atoms with Crippen molar-refractivity contribution < 1.29 is 14.3 Å². The number of halogens is 1. The van der Waals surface area contributed by atoms with E-state index in [1.807, 2.05) is 6.92 Å². The molecule has 2 saturated heterocycles.